The molecule has 114 valence electrons. The maximum Gasteiger partial charge on any atom is 0.277 e. The van der Waals surface area contributed by atoms with Crippen molar-refractivity contribution in [3.05, 3.63) is 64.9 Å². The summed E-state index contributed by atoms with van der Waals surface area (Å²) in [5.74, 6) is -0.449. The third kappa shape index (κ3) is 4.30. The molecule has 0 bridgehead atoms. The first-order valence-corrected chi connectivity index (χ1v) is 6.91. The van der Waals surface area contributed by atoms with Crippen molar-refractivity contribution in [2.75, 3.05) is 6.61 Å². The number of benzene rings is 2. The molecule has 22 heavy (non-hydrogen) atoms. The fraction of sp³-hybridized carbons (Fsp3) is 0.125. The minimum absolute atomic E-state index is 0.238. The van der Waals surface area contributed by atoms with Gasteiger partial charge in [-0.25, -0.2) is 9.82 Å². The molecular formula is C16H14ClFN2O2. The van der Waals surface area contributed by atoms with Crippen molar-refractivity contribution in [1.29, 1.82) is 0 Å². The van der Waals surface area contributed by atoms with Gasteiger partial charge in [0, 0.05) is 5.56 Å². The van der Waals surface area contributed by atoms with Crippen LogP contribution in [0.15, 0.2) is 53.6 Å². The van der Waals surface area contributed by atoms with Crippen LogP contribution in [0.25, 0.3) is 0 Å². The molecule has 0 aliphatic carbocycles. The van der Waals surface area contributed by atoms with Gasteiger partial charge in [0.1, 0.15) is 11.6 Å². The number of amides is 1. The highest BCUT2D eigenvalue weighted by atomic mass is 35.5. The molecule has 0 spiro atoms. The zero-order valence-electron chi connectivity index (χ0n) is 11.8. The molecule has 0 fully saturated rings. The largest absolute Gasteiger partial charge is 0.482 e. The van der Waals surface area contributed by atoms with Crippen LogP contribution in [0.2, 0.25) is 5.02 Å². The van der Waals surface area contributed by atoms with Crippen LogP contribution in [0.3, 0.4) is 0 Å². The second-order valence-corrected chi connectivity index (χ2v) is 4.84. The summed E-state index contributed by atoms with van der Waals surface area (Å²) in [6.45, 7) is 1.37. The molecule has 2 rings (SSSR count). The van der Waals surface area contributed by atoms with Crippen LogP contribution in [0, 0.1) is 5.82 Å². The number of rotatable bonds is 5. The van der Waals surface area contributed by atoms with Crippen LogP contribution in [-0.4, -0.2) is 18.2 Å². The van der Waals surface area contributed by atoms with E-state index in [0.717, 1.165) is 0 Å². The number of hydrogen-bond acceptors (Lipinski definition) is 3. The predicted octanol–water partition coefficient (Wildman–Crippen LogP) is 3.40. The molecule has 2 aromatic rings. The Hall–Kier alpha value is -2.40. The summed E-state index contributed by atoms with van der Waals surface area (Å²) in [6.07, 6.45) is 0. The van der Waals surface area contributed by atoms with Gasteiger partial charge in [-0.15, -0.1) is 0 Å². The second kappa shape index (κ2) is 7.56. The number of halogens is 2. The summed E-state index contributed by atoms with van der Waals surface area (Å²) in [5, 5.41) is 4.27. The molecule has 6 heteroatoms. The second-order valence-electron chi connectivity index (χ2n) is 4.43. The van der Waals surface area contributed by atoms with Crippen LogP contribution >= 0.6 is 11.6 Å². The highest BCUT2D eigenvalue weighted by molar-refractivity contribution is 6.32. The number of carbonyl (C=O) groups excluding carboxylic acids is 1. The van der Waals surface area contributed by atoms with E-state index >= 15 is 0 Å². The van der Waals surface area contributed by atoms with Gasteiger partial charge in [0.05, 0.1) is 10.7 Å². The van der Waals surface area contributed by atoms with Crippen molar-refractivity contribution in [3.63, 3.8) is 0 Å². The van der Waals surface area contributed by atoms with Gasteiger partial charge >= 0.3 is 0 Å². The Labute approximate surface area is 132 Å². The van der Waals surface area contributed by atoms with E-state index in [1.807, 2.05) is 0 Å². The number of hydrogen-bond donors (Lipinski definition) is 1. The quantitative estimate of drug-likeness (QED) is 0.678. The Morgan fingerprint density at radius 3 is 2.64 bits per heavy atom. The van der Waals surface area contributed by atoms with Gasteiger partial charge in [-0.3, -0.25) is 4.79 Å². The van der Waals surface area contributed by atoms with E-state index in [1.54, 1.807) is 49.4 Å². The highest BCUT2D eigenvalue weighted by Crippen LogP contribution is 2.22. The van der Waals surface area contributed by atoms with Crippen LogP contribution in [0.5, 0.6) is 5.75 Å². The van der Waals surface area contributed by atoms with E-state index in [9.17, 15) is 9.18 Å². The average molecular weight is 321 g/mol. The topological polar surface area (TPSA) is 50.7 Å². The van der Waals surface area contributed by atoms with Gasteiger partial charge in [0.2, 0.25) is 0 Å². The molecule has 0 aliphatic heterocycles. The lowest BCUT2D eigenvalue weighted by atomic mass is 10.1. The number of carbonyl (C=O) groups is 1. The highest BCUT2D eigenvalue weighted by Gasteiger charge is 2.07. The van der Waals surface area contributed by atoms with E-state index < -0.39 is 11.7 Å². The summed E-state index contributed by atoms with van der Waals surface area (Å²) in [7, 11) is 0. The first-order chi connectivity index (χ1) is 10.6. The SMILES string of the molecule is C/C(=N/NC(=O)COc1ccccc1Cl)c1ccccc1F. The fourth-order valence-electron chi connectivity index (χ4n) is 1.70. The normalized spacial score (nSPS) is 11.1. The van der Waals surface area contributed by atoms with E-state index in [0.29, 0.717) is 22.0 Å². The first kappa shape index (κ1) is 16.0. The van der Waals surface area contributed by atoms with Gasteiger partial charge in [0.25, 0.3) is 5.91 Å². The molecule has 2 aromatic carbocycles. The lowest BCUT2D eigenvalue weighted by molar-refractivity contribution is -0.123. The van der Waals surface area contributed by atoms with E-state index in [1.165, 1.54) is 6.07 Å². The zero-order valence-corrected chi connectivity index (χ0v) is 12.6. The van der Waals surface area contributed by atoms with Gasteiger partial charge < -0.3 is 4.74 Å². The number of nitrogens with zero attached hydrogens (tertiary/aromatic N) is 1. The molecule has 0 atom stereocenters. The van der Waals surface area contributed by atoms with E-state index in [4.69, 9.17) is 16.3 Å². The predicted molar refractivity (Wildman–Crippen MR) is 83.7 cm³/mol. The van der Waals surface area contributed by atoms with Gasteiger partial charge in [-0.1, -0.05) is 41.9 Å². The molecule has 0 unspecified atom stereocenters. The van der Waals surface area contributed by atoms with Gasteiger partial charge in [-0.2, -0.15) is 5.10 Å². The molecule has 0 saturated carbocycles. The monoisotopic (exact) mass is 320 g/mol. The van der Waals surface area contributed by atoms with Crippen LogP contribution in [-0.2, 0) is 4.79 Å². The minimum Gasteiger partial charge on any atom is -0.482 e. The first-order valence-electron chi connectivity index (χ1n) is 6.53. The van der Waals surface area contributed by atoms with Gasteiger partial charge in [0.15, 0.2) is 6.61 Å². The summed E-state index contributed by atoms with van der Waals surface area (Å²) in [5.41, 5.74) is 3.01. The fourth-order valence-corrected chi connectivity index (χ4v) is 1.89. The number of ether oxygens (including phenoxy) is 1. The smallest absolute Gasteiger partial charge is 0.277 e. The van der Waals surface area contributed by atoms with Crippen molar-refractivity contribution in [3.8, 4) is 5.75 Å². The summed E-state index contributed by atoms with van der Waals surface area (Å²) < 4.78 is 18.8. The van der Waals surface area contributed by atoms with Crippen molar-refractivity contribution in [1.82, 2.24) is 5.43 Å². The third-order valence-electron chi connectivity index (χ3n) is 2.81. The number of para-hydroxylation sites is 1. The van der Waals surface area contributed by atoms with E-state index in [-0.39, 0.29) is 6.61 Å². The maximum absolute atomic E-state index is 13.5. The number of hydrazone groups is 1. The molecule has 0 aliphatic rings. The number of nitrogens with one attached hydrogen (secondary N) is 1. The Morgan fingerprint density at radius 2 is 1.91 bits per heavy atom. The van der Waals surface area contributed by atoms with Crippen LogP contribution in [0.4, 0.5) is 4.39 Å². The lowest BCUT2D eigenvalue weighted by Crippen LogP contribution is -2.25. The molecule has 1 amide bonds. The summed E-state index contributed by atoms with van der Waals surface area (Å²) in [4.78, 5) is 11.7. The summed E-state index contributed by atoms with van der Waals surface area (Å²) >= 11 is 5.91. The summed E-state index contributed by atoms with van der Waals surface area (Å²) in [6, 6.07) is 13.0. The Balaban J connectivity index is 1.91. The van der Waals surface area contributed by atoms with Crippen LogP contribution in [0.1, 0.15) is 12.5 Å². The molecule has 0 saturated heterocycles. The Kier molecular flexibility index (Phi) is 5.49. The molecular weight excluding hydrogens is 307 g/mol. The standard InChI is InChI=1S/C16H14ClFN2O2/c1-11(12-6-2-4-8-14(12)18)19-20-16(21)10-22-15-9-5-3-7-13(15)17/h2-9H,10H2,1H3,(H,20,21)/b19-11-. The van der Waals surface area contributed by atoms with Gasteiger partial charge in [-0.05, 0) is 25.1 Å². The molecule has 0 aromatic heterocycles. The van der Waals surface area contributed by atoms with Crippen molar-refractivity contribution in [2.45, 2.75) is 6.92 Å². The van der Waals surface area contributed by atoms with Crippen molar-refractivity contribution in [2.24, 2.45) is 5.10 Å². The van der Waals surface area contributed by atoms with E-state index in [2.05, 4.69) is 10.5 Å². The Morgan fingerprint density at radius 1 is 1.23 bits per heavy atom. The van der Waals surface area contributed by atoms with Crippen LogP contribution < -0.4 is 10.2 Å². The molecule has 4 nitrogen and oxygen atoms in total. The average Bonchev–Trinajstić information content (AvgIpc) is 2.52. The molecule has 1 N–H and O–H groups in total. The minimum atomic E-state index is -0.462. The third-order valence-corrected chi connectivity index (χ3v) is 3.12. The van der Waals surface area contributed by atoms with Crippen molar-refractivity contribution < 1.29 is 13.9 Å². The molecule has 0 heterocycles. The maximum atomic E-state index is 13.5. The molecule has 0 radical (unpaired) electrons. The Bertz CT molecular complexity index is 704. The lowest BCUT2D eigenvalue weighted by Gasteiger charge is -2.07. The zero-order chi connectivity index (χ0) is 15.9. The van der Waals surface area contributed by atoms with Crippen molar-refractivity contribution >= 4 is 23.2 Å².